The van der Waals surface area contributed by atoms with Crippen molar-refractivity contribution < 1.29 is 9.90 Å². The summed E-state index contributed by atoms with van der Waals surface area (Å²) >= 11 is 0. The van der Waals surface area contributed by atoms with Crippen LogP contribution in [-0.4, -0.2) is 11.1 Å². The Morgan fingerprint density at radius 3 is 2.57 bits per heavy atom. The van der Waals surface area contributed by atoms with Gasteiger partial charge < -0.3 is 5.11 Å². The Morgan fingerprint density at radius 1 is 1.36 bits per heavy atom. The molecular weight excluding hydrogens is 176 g/mol. The molecule has 1 aromatic rings. The molecule has 0 heterocycles. The Hall–Kier alpha value is -1.31. The van der Waals surface area contributed by atoms with Gasteiger partial charge in [-0.05, 0) is 42.9 Å². The van der Waals surface area contributed by atoms with Crippen LogP contribution in [0.25, 0.3) is 0 Å². The van der Waals surface area contributed by atoms with Gasteiger partial charge in [0.05, 0.1) is 5.92 Å². The van der Waals surface area contributed by atoms with Gasteiger partial charge in [-0.3, -0.25) is 4.79 Å². The number of hydrogen-bond acceptors (Lipinski definition) is 1. The normalized spacial score (nSPS) is 24.7. The molecule has 2 rings (SSSR count). The minimum atomic E-state index is -0.659. The van der Waals surface area contributed by atoms with Crippen molar-refractivity contribution in [3.63, 3.8) is 0 Å². The zero-order valence-corrected chi connectivity index (χ0v) is 8.45. The van der Waals surface area contributed by atoms with Gasteiger partial charge in [0.15, 0.2) is 0 Å². The molecule has 0 aliphatic heterocycles. The van der Waals surface area contributed by atoms with Gasteiger partial charge in [0.1, 0.15) is 0 Å². The summed E-state index contributed by atoms with van der Waals surface area (Å²) in [6, 6.07) is 6.24. The van der Waals surface area contributed by atoms with Gasteiger partial charge in [0.25, 0.3) is 0 Å². The van der Waals surface area contributed by atoms with Crippen molar-refractivity contribution in [1.29, 1.82) is 0 Å². The van der Waals surface area contributed by atoms with Crippen LogP contribution in [0.4, 0.5) is 0 Å². The third kappa shape index (κ3) is 1.52. The fraction of sp³-hybridized carbons (Fsp3) is 0.417. The highest BCUT2D eigenvalue weighted by Gasteiger charge is 2.44. The maximum absolute atomic E-state index is 10.7. The first-order chi connectivity index (χ1) is 6.59. The summed E-state index contributed by atoms with van der Waals surface area (Å²) in [6.07, 6.45) is 0.803. The molecule has 0 unspecified atom stereocenters. The molecule has 0 radical (unpaired) electrons. The first-order valence-electron chi connectivity index (χ1n) is 4.89. The Kier molecular flexibility index (Phi) is 2.06. The molecule has 0 bridgehead atoms. The summed E-state index contributed by atoms with van der Waals surface area (Å²) in [7, 11) is 0. The molecule has 0 spiro atoms. The van der Waals surface area contributed by atoms with E-state index in [0.717, 1.165) is 6.42 Å². The summed E-state index contributed by atoms with van der Waals surface area (Å²) in [4.78, 5) is 10.7. The second kappa shape index (κ2) is 3.12. The standard InChI is InChI=1S/C12H14O2/c1-7-3-4-9(5-8(7)2)10-6-11(10)12(13)14/h3-5,10-11H,6H2,1-2H3,(H,13,14)/t10-,11-/m0/s1. The zero-order valence-electron chi connectivity index (χ0n) is 8.45. The number of carbonyl (C=O) groups is 1. The number of carboxylic acid groups (broad SMARTS) is 1. The van der Waals surface area contributed by atoms with E-state index in [-0.39, 0.29) is 11.8 Å². The average molecular weight is 190 g/mol. The Bertz CT molecular complexity index is 382. The van der Waals surface area contributed by atoms with Crippen molar-refractivity contribution in [2.75, 3.05) is 0 Å². The Balaban J connectivity index is 2.20. The lowest BCUT2D eigenvalue weighted by atomic mass is 10.0. The molecule has 74 valence electrons. The van der Waals surface area contributed by atoms with E-state index in [4.69, 9.17) is 5.11 Å². The molecule has 1 aliphatic rings. The van der Waals surface area contributed by atoms with E-state index in [1.165, 1.54) is 16.7 Å². The van der Waals surface area contributed by atoms with Crippen molar-refractivity contribution in [2.45, 2.75) is 26.2 Å². The van der Waals surface area contributed by atoms with Crippen molar-refractivity contribution in [3.05, 3.63) is 34.9 Å². The first kappa shape index (κ1) is 9.25. The second-order valence-electron chi connectivity index (χ2n) is 4.13. The van der Waals surface area contributed by atoms with E-state index < -0.39 is 5.97 Å². The van der Waals surface area contributed by atoms with Gasteiger partial charge in [-0.15, -0.1) is 0 Å². The number of benzene rings is 1. The van der Waals surface area contributed by atoms with Gasteiger partial charge in [0, 0.05) is 0 Å². The van der Waals surface area contributed by atoms with Gasteiger partial charge >= 0.3 is 5.97 Å². The van der Waals surface area contributed by atoms with Crippen molar-refractivity contribution in [2.24, 2.45) is 5.92 Å². The third-order valence-electron chi connectivity index (χ3n) is 3.07. The fourth-order valence-corrected chi connectivity index (χ4v) is 1.83. The van der Waals surface area contributed by atoms with E-state index in [9.17, 15) is 4.79 Å². The van der Waals surface area contributed by atoms with Crippen LogP contribution >= 0.6 is 0 Å². The highest BCUT2D eigenvalue weighted by molar-refractivity contribution is 5.75. The smallest absolute Gasteiger partial charge is 0.307 e. The number of rotatable bonds is 2. The number of aryl methyl sites for hydroxylation is 2. The largest absolute Gasteiger partial charge is 0.481 e. The van der Waals surface area contributed by atoms with Gasteiger partial charge in [-0.1, -0.05) is 18.2 Å². The molecule has 1 aromatic carbocycles. The molecule has 1 N–H and O–H groups in total. The lowest BCUT2D eigenvalue weighted by molar-refractivity contribution is -0.138. The van der Waals surface area contributed by atoms with E-state index in [1.807, 2.05) is 0 Å². The molecule has 0 amide bonds. The van der Waals surface area contributed by atoms with Crippen molar-refractivity contribution in [1.82, 2.24) is 0 Å². The lowest BCUT2D eigenvalue weighted by Gasteiger charge is -2.03. The molecule has 2 heteroatoms. The molecule has 0 aromatic heterocycles. The number of carboxylic acids is 1. The van der Waals surface area contributed by atoms with Crippen LogP contribution in [0.15, 0.2) is 18.2 Å². The minimum Gasteiger partial charge on any atom is -0.481 e. The first-order valence-corrected chi connectivity index (χ1v) is 4.89. The van der Waals surface area contributed by atoms with Crippen molar-refractivity contribution >= 4 is 5.97 Å². The topological polar surface area (TPSA) is 37.3 Å². The predicted octanol–water partition coefficient (Wildman–Crippen LogP) is 2.49. The molecule has 1 aliphatic carbocycles. The van der Waals surface area contributed by atoms with Crippen LogP contribution in [-0.2, 0) is 4.79 Å². The number of aliphatic carboxylic acids is 1. The van der Waals surface area contributed by atoms with Crippen LogP contribution in [0.5, 0.6) is 0 Å². The number of hydrogen-bond donors (Lipinski definition) is 1. The van der Waals surface area contributed by atoms with E-state index in [1.54, 1.807) is 0 Å². The maximum Gasteiger partial charge on any atom is 0.307 e. The van der Waals surface area contributed by atoms with Gasteiger partial charge in [-0.2, -0.15) is 0 Å². The molecule has 2 atom stereocenters. The monoisotopic (exact) mass is 190 g/mol. The molecule has 1 saturated carbocycles. The van der Waals surface area contributed by atoms with Crippen LogP contribution in [0.2, 0.25) is 0 Å². The highest BCUT2D eigenvalue weighted by Crippen LogP contribution is 2.47. The van der Waals surface area contributed by atoms with E-state index in [2.05, 4.69) is 32.0 Å². The maximum atomic E-state index is 10.7. The third-order valence-corrected chi connectivity index (χ3v) is 3.07. The summed E-state index contributed by atoms with van der Waals surface area (Å²) < 4.78 is 0. The quantitative estimate of drug-likeness (QED) is 0.778. The van der Waals surface area contributed by atoms with Crippen LogP contribution < -0.4 is 0 Å². The van der Waals surface area contributed by atoms with Crippen LogP contribution in [0.3, 0.4) is 0 Å². The van der Waals surface area contributed by atoms with Gasteiger partial charge in [0.2, 0.25) is 0 Å². The van der Waals surface area contributed by atoms with E-state index >= 15 is 0 Å². The summed E-state index contributed by atoms with van der Waals surface area (Å²) in [5, 5.41) is 8.81. The van der Waals surface area contributed by atoms with E-state index in [0.29, 0.717) is 0 Å². The predicted molar refractivity (Wildman–Crippen MR) is 54.4 cm³/mol. The van der Waals surface area contributed by atoms with Crippen molar-refractivity contribution in [3.8, 4) is 0 Å². The van der Waals surface area contributed by atoms with Crippen LogP contribution in [0.1, 0.15) is 29.0 Å². The molecule has 1 fully saturated rings. The molecule has 2 nitrogen and oxygen atoms in total. The van der Waals surface area contributed by atoms with Gasteiger partial charge in [-0.25, -0.2) is 0 Å². The van der Waals surface area contributed by atoms with Crippen LogP contribution in [0, 0.1) is 19.8 Å². The summed E-state index contributed by atoms with van der Waals surface area (Å²) in [5.41, 5.74) is 3.69. The minimum absolute atomic E-state index is 0.142. The molecular formula is C12H14O2. The second-order valence-corrected chi connectivity index (χ2v) is 4.13. The lowest BCUT2D eigenvalue weighted by Crippen LogP contribution is -1.99. The fourth-order valence-electron chi connectivity index (χ4n) is 1.83. The zero-order chi connectivity index (χ0) is 10.3. The Labute approximate surface area is 83.6 Å². The summed E-state index contributed by atoms with van der Waals surface area (Å²) in [5.74, 6) is -0.544. The average Bonchev–Trinajstić information content (AvgIpc) is 2.89. The SMILES string of the molecule is Cc1ccc([C@@H]2C[C@@H]2C(=O)O)cc1C. The Morgan fingerprint density at radius 2 is 2.07 bits per heavy atom. The molecule has 0 saturated heterocycles. The molecule has 14 heavy (non-hydrogen) atoms. The highest BCUT2D eigenvalue weighted by atomic mass is 16.4. The summed E-state index contributed by atoms with van der Waals surface area (Å²) in [6.45, 7) is 4.14.